The molecule has 1 aromatic rings. The average Bonchev–Trinajstić information content (AvgIpc) is 2.32. The molecule has 0 aliphatic carbocycles. The van der Waals surface area contributed by atoms with Gasteiger partial charge in [0.05, 0.1) is 0 Å². The summed E-state index contributed by atoms with van der Waals surface area (Å²) in [6.45, 7) is 4.89. The van der Waals surface area contributed by atoms with Crippen molar-refractivity contribution in [2.45, 2.75) is 19.8 Å². The number of nitrogens with two attached hydrogens (primary N) is 1. The number of nitrogen functional groups attached to an aromatic ring is 1. The van der Waals surface area contributed by atoms with Crippen molar-refractivity contribution in [3.05, 3.63) is 23.8 Å². The summed E-state index contributed by atoms with van der Waals surface area (Å²) in [4.78, 5) is 0. The quantitative estimate of drug-likeness (QED) is 0.769. The zero-order chi connectivity index (χ0) is 11.4. The van der Waals surface area contributed by atoms with Crippen LogP contribution < -0.4 is 11.1 Å². The van der Waals surface area contributed by atoms with Gasteiger partial charge in [-0.1, -0.05) is 0 Å². The molecule has 0 unspecified atom stereocenters. The van der Waals surface area contributed by atoms with E-state index >= 15 is 0 Å². The van der Waals surface area contributed by atoms with Crippen molar-refractivity contribution in [3.63, 3.8) is 0 Å². The van der Waals surface area contributed by atoms with Crippen molar-refractivity contribution in [2.75, 3.05) is 30.8 Å². The Hall–Kier alpha value is -1.22. The zero-order valence-electron chi connectivity index (χ0n) is 9.83. The summed E-state index contributed by atoms with van der Waals surface area (Å²) in [5.74, 6) is 0.742. The Morgan fingerprint density at radius 2 is 2.12 bits per heavy atom. The van der Waals surface area contributed by atoms with Crippen LogP contribution in [0.4, 0.5) is 11.4 Å². The average molecular weight is 220 g/mol. The van der Waals surface area contributed by atoms with Crippen LogP contribution in [0.25, 0.3) is 0 Å². The van der Waals surface area contributed by atoms with E-state index < -0.39 is 0 Å². The van der Waals surface area contributed by atoms with Gasteiger partial charge in [-0.3, -0.25) is 0 Å². The number of hydrogen-bond donors (Lipinski definition) is 2. The normalized spacial score (nSPS) is 17.3. The van der Waals surface area contributed by atoms with Crippen LogP contribution in [0.1, 0.15) is 18.4 Å². The summed E-state index contributed by atoms with van der Waals surface area (Å²) in [5, 5.41) is 3.47. The first kappa shape index (κ1) is 11.3. The minimum Gasteiger partial charge on any atom is -0.399 e. The number of rotatable bonds is 3. The van der Waals surface area contributed by atoms with Crippen LogP contribution in [0.15, 0.2) is 18.2 Å². The largest absolute Gasteiger partial charge is 0.399 e. The molecule has 1 aromatic carbocycles. The molecule has 3 nitrogen and oxygen atoms in total. The highest BCUT2D eigenvalue weighted by molar-refractivity contribution is 5.56. The Labute approximate surface area is 97.0 Å². The molecule has 16 heavy (non-hydrogen) atoms. The maximum atomic E-state index is 5.78. The summed E-state index contributed by atoms with van der Waals surface area (Å²) in [6.07, 6.45) is 2.34. The molecular weight excluding hydrogens is 200 g/mol. The second-order valence-electron chi connectivity index (χ2n) is 4.51. The minimum atomic E-state index is 0.742. The fraction of sp³-hybridized carbons (Fsp3) is 0.538. The molecular formula is C13H20N2O. The molecule has 1 aliphatic rings. The Balaban J connectivity index is 1.86. The lowest BCUT2D eigenvalue weighted by atomic mass is 10.0. The minimum absolute atomic E-state index is 0.742. The Morgan fingerprint density at radius 1 is 1.38 bits per heavy atom. The van der Waals surface area contributed by atoms with Crippen LogP contribution in [0.5, 0.6) is 0 Å². The molecule has 88 valence electrons. The molecule has 0 aromatic heterocycles. The van der Waals surface area contributed by atoms with Gasteiger partial charge in [0.15, 0.2) is 0 Å². The van der Waals surface area contributed by atoms with Gasteiger partial charge < -0.3 is 15.8 Å². The number of ether oxygens (including phenoxy) is 1. The fourth-order valence-electron chi connectivity index (χ4n) is 2.00. The molecule has 1 fully saturated rings. The Morgan fingerprint density at radius 3 is 2.81 bits per heavy atom. The van der Waals surface area contributed by atoms with E-state index in [1.54, 1.807) is 0 Å². The van der Waals surface area contributed by atoms with Crippen molar-refractivity contribution in [1.82, 2.24) is 0 Å². The molecule has 0 bridgehead atoms. The van der Waals surface area contributed by atoms with Gasteiger partial charge in [-0.05, 0) is 49.4 Å². The van der Waals surface area contributed by atoms with Crippen LogP contribution in [0, 0.1) is 12.8 Å². The highest BCUT2D eigenvalue weighted by Crippen LogP contribution is 2.19. The lowest BCUT2D eigenvalue weighted by Crippen LogP contribution is -2.22. The number of benzene rings is 1. The summed E-state index contributed by atoms with van der Waals surface area (Å²) in [6, 6.07) is 6.11. The van der Waals surface area contributed by atoms with Crippen molar-refractivity contribution < 1.29 is 4.74 Å². The topological polar surface area (TPSA) is 47.3 Å². The number of anilines is 2. The van der Waals surface area contributed by atoms with Gasteiger partial charge in [0, 0.05) is 31.1 Å². The highest BCUT2D eigenvalue weighted by Gasteiger charge is 2.13. The van der Waals surface area contributed by atoms with Gasteiger partial charge in [-0.15, -0.1) is 0 Å². The van der Waals surface area contributed by atoms with Crippen molar-refractivity contribution in [1.29, 1.82) is 0 Å². The summed E-state index contributed by atoms with van der Waals surface area (Å²) in [7, 11) is 0. The van der Waals surface area contributed by atoms with E-state index in [1.807, 2.05) is 19.1 Å². The van der Waals surface area contributed by atoms with E-state index in [2.05, 4.69) is 11.4 Å². The summed E-state index contributed by atoms with van der Waals surface area (Å²) >= 11 is 0. The molecule has 3 N–H and O–H groups in total. The van der Waals surface area contributed by atoms with Gasteiger partial charge in [0.25, 0.3) is 0 Å². The number of aryl methyl sites for hydroxylation is 1. The number of nitrogens with one attached hydrogen (secondary N) is 1. The zero-order valence-corrected chi connectivity index (χ0v) is 9.83. The van der Waals surface area contributed by atoms with E-state index in [0.29, 0.717) is 0 Å². The van der Waals surface area contributed by atoms with Gasteiger partial charge in [0.2, 0.25) is 0 Å². The second kappa shape index (κ2) is 5.21. The molecule has 2 rings (SSSR count). The first-order chi connectivity index (χ1) is 7.75. The molecule has 0 amide bonds. The second-order valence-corrected chi connectivity index (χ2v) is 4.51. The van der Waals surface area contributed by atoms with Gasteiger partial charge >= 0.3 is 0 Å². The molecule has 1 aliphatic heterocycles. The van der Waals surface area contributed by atoms with E-state index in [-0.39, 0.29) is 0 Å². The van der Waals surface area contributed by atoms with Crippen molar-refractivity contribution >= 4 is 11.4 Å². The first-order valence-corrected chi connectivity index (χ1v) is 5.93. The fourth-order valence-corrected chi connectivity index (χ4v) is 2.00. The van der Waals surface area contributed by atoms with Crippen LogP contribution in [0.2, 0.25) is 0 Å². The smallest absolute Gasteiger partial charge is 0.0469 e. The van der Waals surface area contributed by atoms with E-state index in [1.165, 1.54) is 12.8 Å². The first-order valence-electron chi connectivity index (χ1n) is 5.93. The predicted molar refractivity (Wildman–Crippen MR) is 67.6 cm³/mol. The Kier molecular flexibility index (Phi) is 3.67. The molecule has 1 saturated heterocycles. The van der Waals surface area contributed by atoms with E-state index in [9.17, 15) is 0 Å². The van der Waals surface area contributed by atoms with Crippen molar-refractivity contribution in [2.24, 2.45) is 5.92 Å². The van der Waals surface area contributed by atoms with Crippen molar-refractivity contribution in [3.8, 4) is 0 Å². The van der Waals surface area contributed by atoms with E-state index in [4.69, 9.17) is 10.5 Å². The lowest BCUT2D eigenvalue weighted by Gasteiger charge is -2.22. The molecule has 3 heteroatoms. The molecule has 0 spiro atoms. The highest BCUT2D eigenvalue weighted by atomic mass is 16.5. The predicted octanol–water partition coefficient (Wildman–Crippen LogP) is 2.42. The standard InChI is InChI=1S/C13H20N2O/c1-10-8-12(2-3-13(10)14)15-9-11-4-6-16-7-5-11/h2-3,8,11,15H,4-7,9,14H2,1H3. The molecule has 0 radical (unpaired) electrons. The van der Waals surface area contributed by atoms with Gasteiger partial charge in [0.1, 0.15) is 0 Å². The van der Waals surface area contributed by atoms with Gasteiger partial charge in [-0.2, -0.15) is 0 Å². The van der Waals surface area contributed by atoms with Crippen LogP contribution in [-0.4, -0.2) is 19.8 Å². The van der Waals surface area contributed by atoms with Crippen LogP contribution in [0.3, 0.4) is 0 Å². The maximum Gasteiger partial charge on any atom is 0.0469 e. The summed E-state index contributed by atoms with van der Waals surface area (Å²) < 4.78 is 5.34. The maximum absolute atomic E-state index is 5.78. The lowest BCUT2D eigenvalue weighted by molar-refractivity contribution is 0.0699. The Bertz CT molecular complexity index is 346. The molecule has 1 heterocycles. The number of hydrogen-bond acceptors (Lipinski definition) is 3. The monoisotopic (exact) mass is 220 g/mol. The third-order valence-electron chi connectivity index (χ3n) is 3.21. The van der Waals surface area contributed by atoms with Gasteiger partial charge in [-0.25, -0.2) is 0 Å². The van der Waals surface area contributed by atoms with Crippen LogP contribution >= 0.6 is 0 Å². The summed E-state index contributed by atoms with van der Waals surface area (Å²) in [5.41, 5.74) is 8.94. The third-order valence-corrected chi connectivity index (χ3v) is 3.21. The third kappa shape index (κ3) is 2.89. The molecule has 0 atom stereocenters. The molecule has 0 saturated carbocycles. The SMILES string of the molecule is Cc1cc(NCC2CCOCC2)ccc1N. The van der Waals surface area contributed by atoms with Crippen LogP contribution in [-0.2, 0) is 4.74 Å². The van der Waals surface area contributed by atoms with E-state index in [0.717, 1.165) is 42.6 Å².